The Hall–Kier alpha value is -0.250. The first-order valence-electron chi connectivity index (χ1n) is 4.17. The molecule has 2 heterocycles. The van der Waals surface area contributed by atoms with Gasteiger partial charge in [0.1, 0.15) is 5.15 Å². The zero-order valence-corrected chi connectivity index (χ0v) is 8.64. The lowest BCUT2D eigenvalue weighted by Gasteiger charge is -2.25. The molecule has 0 spiro atoms. The molecule has 1 aliphatic rings. The molecule has 4 heteroatoms. The molecule has 2 nitrogen and oxygen atoms in total. The molecular weight excluding hydrogens is 206 g/mol. The predicted octanol–water partition coefficient (Wildman–Crippen LogP) is 2.47. The lowest BCUT2D eigenvalue weighted by molar-refractivity contribution is -0.0196. The maximum Gasteiger partial charge on any atom is 0.129 e. The molecule has 0 amide bonds. The van der Waals surface area contributed by atoms with E-state index in [1.165, 1.54) is 4.90 Å². The van der Waals surface area contributed by atoms with E-state index >= 15 is 0 Å². The van der Waals surface area contributed by atoms with Crippen LogP contribution in [0.25, 0.3) is 0 Å². The first-order chi connectivity index (χ1) is 6.34. The second-order valence-corrected chi connectivity index (χ2v) is 4.51. The summed E-state index contributed by atoms with van der Waals surface area (Å²) in [5.74, 6) is 1.84. The Balaban J connectivity index is 1.83. The number of aromatic nitrogens is 1. The van der Waals surface area contributed by atoms with Gasteiger partial charge in [0.2, 0.25) is 0 Å². The number of thioether (sulfide) groups is 1. The molecule has 0 bridgehead atoms. The van der Waals surface area contributed by atoms with Crippen molar-refractivity contribution in [3.63, 3.8) is 0 Å². The van der Waals surface area contributed by atoms with Crippen molar-refractivity contribution in [1.82, 2.24) is 4.98 Å². The lowest BCUT2D eigenvalue weighted by atomic mass is 10.1. The largest absolute Gasteiger partial charge is 0.381 e. The van der Waals surface area contributed by atoms with Crippen LogP contribution in [-0.2, 0) is 4.74 Å². The van der Waals surface area contributed by atoms with E-state index in [1.807, 2.05) is 30.1 Å². The van der Waals surface area contributed by atoms with Gasteiger partial charge >= 0.3 is 0 Å². The summed E-state index contributed by atoms with van der Waals surface area (Å²) >= 11 is 7.48. The molecule has 0 N–H and O–H groups in total. The van der Waals surface area contributed by atoms with Gasteiger partial charge in [0.25, 0.3) is 0 Å². The Morgan fingerprint density at radius 3 is 2.92 bits per heavy atom. The fraction of sp³-hybridized carbons (Fsp3) is 0.444. The van der Waals surface area contributed by atoms with Crippen LogP contribution in [0.3, 0.4) is 0 Å². The molecule has 0 aromatic carbocycles. The summed E-state index contributed by atoms with van der Waals surface area (Å²) in [4.78, 5) is 5.19. The predicted molar refractivity (Wildman–Crippen MR) is 54.3 cm³/mol. The van der Waals surface area contributed by atoms with Crippen molar-refractivity contribution in [2.45, 2.75) is 4.90 Å². The molecule has 1 saturated heterocycles. The molecule has 1 fully saturated rings. The van der Waals surface area contributed by atoms with E-state index in [0.29, 0.717) is 5.15 Å². The third-order valence-corrected chi connectivity index (χ3v) is 3.33. The maximum atomic E-state index is 5.67. The summed E-state index contributed by atoms with van der Waals surface area (Å²) < 4.78 is 5.09. The van der Waals surface area contributed by atoms with Gasteiger partial charge in [0.05, 0.1) is 13.2 Å². The minimum atomic E-state index is 0.552. The number of pyridine rings is 1. The highest BCUT2D eigenvalue weighted by Crippen LogP contribution is 2.23. The molecular formula is C9H10ClNOS. The molecule has 2 rings (SSSR count). The molecule has 1 aromatic rings. The van der Waals surface area contributed by atoms with Crippen molar-refractivity contribution in [2.24, 2.45) is 5.92 Å². The van der Waals surface area contributed by atoms with Crippen LogP contribution in [0, 0.1) is 5.92 Å². The number of rotatable bonds is 3. The Labute approximate surface area is 86.6 Å². The molecule has 0 saturated carbocycles. The van der Waals surface area contributed by atoms with E-state index in [-0.39, 0.29) is 0 Å². The average molecular weight is 216 g/mol. The van der Waals surface area contributed by atoms with Crippen LogP contribution in [0.15, 0.2) is 23.2 Å². The Kier molecular flexibility index (Phi) is 3.09. The van der Waals surface area contributed by atoms with Gasteiger partial charge in [-0.1, -0.05) is 11.6 Å². The Morgan fingerprint density at radius 1 is 1.54 bits per heavy atom. The van der Waals surface area contributed by atoms with Crippen molar-refractivity contribution >= 4 is 23.4 Å². The molecule has 1 aromatic heterocycles. The van der Waals surface area contributed by atoms with Crippen LogP contribution in [-0.4, -0.2) is 24.0 Å². The monoisotopic (exact) mass is 215 g/mol. The van der Waals surface area contributed by atoms with Gasteiger partial charge in [-0.2, -0.15) is 0 Å². The highest BCUT2D eigenvalue weighted by molar-refractivity contribution is 7.99. The standard InChI is InChI=1S/C9H10ClNOS/c10-9-2-1-8(3-11-9)13-6-7-4-12-5-7/h1-3,7H,4-6H2. The van der Waals surface area contributed by atoms with E-state index in [9.17, 15) is 0 Å². The van der Waals surface area contributed by atoms with Gasteiger partial charge in [-0.25, -0.2) is 4.98 Å². The Morgan fingerprint density at radius 2 is 2.38 bits per heavy atom. The average Bonchev–Trinajstić information content (AvgIpc) is 2.05. The number of halogens is 1. The van der Waals surface area contributed by atoms with Crippen molar-refractivity contribution in [1.29, 1.82) is 0 Å². The summed E-state index contributed by atoms with van der Waals surface area (Å²) in [5.41, 5.74) is 0. The van der Waals surface area contributed by atoms with Gasteiger partial charge in [-0.05, 0) is 12.1 Å². The topological polar surface area (TPSA) is 22.1 Å². The molecule has 13 heavy (non-hydrogen) atoms. The number of nitrogens with zero attached hydrogens (tertiary/aromatic N) is 1. The SMILES string of the molecule is Clc1ccc(SCC2COC2)cn1. The summed E-state index contributed by atoms with van der Waals surface area (Å²) in [6, 6.07) is 3.82. The summed E-state index contributed by atoms with van der Waals surface area (Å²) in [7, 11) is 0. The van der Waals surface area contributed by atoms with E-state index in [1.54, 1.807) is 0 Å². The van der Waals surface area contributed by atoms with Gasteiger partial charge in [-0.15, -0.1) is 11.8 Å². The highest BCUT2D eigenvalue weighted by Gasteiger charge is 2.18. The fourth-order valence-corrected chi connectivity index (χ4v) is 2.07. The van der Waals surface area contributed by atoms with Crippen LogP contribution in [0.2, 0.25) is 5.15 Å². The summed E-state index contributed by atoms with van der Waals surface area (Å²) in [6.45, 7) is 1.82. The third kappa shape index (κ3) is 2.59. The van der Waals surface area contributed by atoms with E-state index in [4.69, 9.17) is 16.3 Å². The Bertz CT molecular complexity index is 273. The van der Waals surface area contributed by atoms with E-state index in [2.05, 4.69) is 4.98 Å². The molecule has 0 unspecified atom stereocenters. The molecule has 1 aliphatic heterocycles. The fourth-order valence-electron chi connectivity index (χ4n) is 1.04. The summed E-state index contributed by atoms with van der Waals surface area (Å²) in [5, 5.41) is 0.552. The minimum absolute atomic E-state index is 0.552. The van der Waals surface area contributed by atoms with Crippen LogP contribution in [0.5, 0.6) is 0 Å². The van der Waals surface area contributed by atoms with E-state index in [0.717, 1.165) is 24.9 Å². The normalized spacial score (nSPS) is 17.0. The molecule has 0 atom stereocenters. The second-order valence-electron chi connectivity index (χ2n) is 3.03. The van der Waals surface area contributed by atoms with Gasteiger partial charge in [-0.3, -0.25) is 0 Å². The summed E-state index contributed by atoms with van der Waals surface area (Å²) in [6.07, 6.45) is 1.81. The van der Waals surface area contributed by atoms with Crippen molar-refractivity contribution in [3.05, 3.63) is 23.5 Å². The molecule has 0 radical (unpaired) electrons. The van der Waals surface area contributed by atoms with Crippen molar-refractivity contribution in [2.75, 3.05) is 19.0 Å². The smallest absolute Gasteiger partial charge is 0.129 e. The van der Waals surface area contributed by atoms with Crippen molar-refractivity contribution < 1.29 is 4.74 Å². The number of ether oxygens (including phenoxy) is 1. The first kappa shape index (κ1) is 9.31. The molecule has 0 aliphatic carbocycles. The zero-order chi connectivity index (χ0) is 9.10. The lowest BCUT2D eigenvalue weighted by Crippen LogP contribution is -2.29. The minimum Gasteiger partial charge on any atom is -0.381 e. The second kappa shape index (κ2) is 4.31. The third-order valence-electron chi connectivity index (χ3n) is 1.89. The van der Waals surface area contributed by atoms with Gasteiger partial charge in [0.15, 0.2) is 0 Å². The zero-order valence-electron chi connectivity index (χ0n) is 7.07. The van der Waals surface area contributed by atoms with Gasteiger partial charge in [0, 0.05) is 22.8 Å². The van der Waals surface area contributed by atoms with Crippen LogP contribution >= 0.6 is 23.4 Å². The first-order valence-corrected chi connectivity index (χ1v) is 5.53. The maximum absolute atomic E-state index is 5.67. The van der Waals surface area contributed by atoms with Crippen LogP contribution in [0.1, 0.15) is 0 Å². The van der Waals surface area contributed by atoms with Crippen LogP contribution < -0.4 is 0 Å². The highest BCUT2D eigenvalue weighted by atomic mass is 35.5. The van der Waals surface area contributed by atoms with E-state index < -0.39 is 0 Å². The quantitative estimate of drug-likeness (QED) is 0.571. The molecule has 70 valence electrons. The van der Waals surface area contributed by atoms with Crippen molar-refractivity contribution in [3.8, 4) is 0 Å². The number of hydrogen-bond donors (Lipinski definition) is 0. The van der Waals surface area contributed by atoms with Gasteiger partial charge < -0.3 is 4.74 Å². The number of hydrogen-bond acceptors (Lipinski definition) is 3. The van der Waals surface area contributed by atoms with Crippen LogP contribution in [0.4, 0.5) is 0 Å².